The third-order valence-electron chi connectivity index (χ3n) is 6.67. The number of hydrogen-bond acceptors (Lipinski definition) is 2. The van der Waals surface area contributed by atoms with E-state index in [9.17, 15) is 0 Å². The van der Waals surface area contributed by atoms with Gasteiger partial charge >= 0.3 is 0 Å². The van der Waals surface area contributed by atoms with E-state index in [1.165, 1.54) is 24.1 Å². The van der Waals surface area contributed by atoms with Crippen molar-refractivity contribution in [3.63, 3.8) is 0 Å². The van der Waals surface area contributed by atoms with Gasteiger partial charge in [0.2, 0.25) is 5.78 Å². The Hall–Kier alpha value is -2.16. The van der Waals surface area contributed by atoms with Crippen molar-refractivity contribution in [1.29, 1.82) is 0 Å². The number of hydrogen-bond donors (Lipinski definition) is 0. The molecule has 0 unspecified atom stereocenters. The van der Waals surface area contributed by atoms with Gasteiger partial charge in [0.25, 0.3) is 0 Å². The molecule has 0 spiro atoms. The highest BCUT2D eigenvalue weighted by Crippen LogP contribution is 2.67. The van der Waals surface area contributed by atoms with Crippen molar-refractivity contribution in [3.8, 4) is 11.3 Å². The van der Waals surface area contributed by atoms with E-state index >= 15 is 0 Å². The van der Waals surface area contributed by atoms with Crippen LogP contribution in [-0.4, -0.2) is 14.4 Å². The van der Waals surface area contributed by atoms with E-state index < -0.39 is 0 Å². The summed E-state index contributed by atoms with van der Waals surface area (Å²) in [6.45, 7) is 7.21. The Morgan fingerprint density at radius 3 is 2.61 bits per heavy atom. The smallest absolute Gasteiger partial charge is 0.234 e. The number of benzene rings is 1. The van der Waals surface area contributed by atoms with Crippen LogP contribution in [0.15, 0.2) is 42.7 Å². The molecule has 2 atom stereocenters. The molecule has 0 N–H and O–H groups in total. The summed E-state index contributed by atoms with van der Waals surface area (Å²) in [6.07, 6.45) is 6.92. The second-order valence-electron chi connectivity index (χ2n) is 7.89. The van der Waals surface area contributed by atoms with Gasteiger partial charge in [0, 0.05) is 23.4 Å². The van der Waals surface area contributed by atoms with Gasteiger partial charge in [-0.15, -0.1) is 0 Å². The van der Waals surface area contributed by atoms with Crippen molar-refractivity contribution >= 4 is 5.78 Å². The highest BCUT2D eigenvalue weighted by atomic mass is 15.1. The number of nitrogens with zero attached hydrogens (tertiary/aromatic N) is 3. The summed E-state index contributed by atoms with van der Waals surface area (Å²) in [6, 6.07) is 10.3. The van der Waals surface area contributed by atoms with Gasteiger partial charge in [0.1, 0.15) is 0 Å². The summed E-state index contributed by atoms with van der Waals surface area (Å²) < 4.78 is 2.11. The maximum absolute atomic E-state index is 5.00. The Kier molecular flexibility index (Phi) is 2.33. The second-order valence-corrected chi connectivity index (χ2v) is 7.89. The Balaban J connectivity index is 1.72. The van der Waals surface area contributed by atoms with Gasteiger partial charge in [-0.25, -0.2) is 9.97 Å². The predicted molar refractivity (Wildman–Crippen MR) is 91.5 cm³/mol. The monoisotopic (exact) mass is 303 g/mol. The van der Waals surface area contributed by atoms with Crippen LogP contribution < -0.4 is 0 Å². The van der Waals surface area contributed by atoms with E-state index in [1.807, 2.05) is 6.07 Å². The Labute approximate surface area is 136 Å². The number of rotatable bonds is 1. The molecule has 3 aromatic rings. The molecule has 1 aromatic carbocycles. The van der Waals surface area contributed by atoms with Gasteiger partial charge < -0.3 is 0 Å². The van der Waals surface area contributed by atoms with Gasteiger partial charge in [-0.1, -0.05) is 51.1 Å². The summed E-state index contributed by atoms with van der Waals surface area (Å²) in [5.74, 6) is 1.45. The normalized spacial score (nSPS) is 27.5. The lowest BCUT2D eigenvalue weighted by atomic mass is 9.70. The Morgan fingerprint density at radius 2 is 1.83 bits per heavy atom. The van der Waals surface area contributed by atoms with Crippen LogP contribution in [0.3, 0.4) is 0 Å². The second kappa shape index (κ2) is 4.02. The lowest BCUT2D eigenvalue weighted by molar-refractivity contribution is 0.227. The molecular weight excluding hydrogens is 282 g/mol. The first kappa shape index (κ1) is 13.3. The molecule has 2 aromatic heterocycles. The molecule has 0 radical (unpaired) electrons. The molecule has 0 amide bonds. The fraction of sp³-hybridized carbons (Fsp3) is 0.400. The summed E-state index contributed by atoms with van der Waals surface area (Å²) in [4.78, 5) is 9.78. The molecule has 5 rings (SSSR count). The van der Waals surface area contributed by atoms with E-state index in [-0.39, 0.29) is 5.41 Å². The van der Waals surface area contributed by atoms with Crippen LogP contribution in [0.2, 0.25) is 0 Å². The van der Waals surface area contributed by atoms with Crippen molar-refractivity contribution in [1.82, 2.24) is 14.4 Å². The summed E-state index contributed by atoms with van der Waals surface area (Å²) in [5.41, 5.74) is 5.35. The molecule has 3 heteroatoms. The van der Waals surface area contributed by atoms with Gasteiger partial charge in [0.05, 0.1) is 11.4 Å². The van der Waals surface area contributed by atoms with Crippen molar-refractivity contribution < 1.29 is 0 Å². The number of fused-ring (bicyclic) bond motifs is 6. The van der Waals surface area contributed by atoms with Gasteiger partial charge in [0.15, 0.2) is 0 Å². The largest absolute Gasteiger partial charge is 0.290 e. The van der Waals surface area contributed by atoms with Crippen molar-refractivity contribution in [3.05, 3.63) is 54.0 Å². The highest BCUT2D eigenvalue weighted by molar-refractivity contribution is 5.62. The molecule has 2 aliphatic carbocycles. The minimum atomic E-state index is 0.188. The van der Waals surface area contributed by atoms with Gasteiger partial charge in [-0.2, -0.15) is 0 Å². The summed E-state index contributed by atoms with van der Waals surface area (Å²) in [5, 5.41) is 0. The average Bonchev–Trinajstić information content (AvgIpc) is 3.11. The number of imidazole rings is 1. The molecule has 1 fully saturated rings. The highest BCUT2D eigenvalue weighted by Gasteiger charge is 2.60. The molecule has 2 bridgehead atoms. The van der Waals surface area contributed by atoms with Crippen LogP contribution in [0.1, 0.15) is 50.8 Å². The third kappa shape index (κ3) is 1.50. The van der Waals surface area contributed by atoms with Crippen LogP contribution in [-0.2, 0) is 5.41 Å². The minimum Gasteiger partial charge on any atom is -0.290 e. The predicted octanol–water partition coefficient (Wildman–Crippen LogP) is 4.57. The van der Waals surface area contributed by atoms with E-state index in [2.05, 4.69) is 61.8 Å². The lowest BCUT2D eigenvalue weighted by Crippen LogP contribution is -2.32. The third-order valence-corrected chi connectivity index (χ3v) is 6.67. The number of aromatic nitrogens is 3. The van der Waals surface area contributed by atoms with Crippen molar-refractivity contribution in [2.24, 2.45) is 5.41 Å². The van der Waals surface area contributed by atoms with Crippen molar-refractivity contribution in [2.75, 3.05) is 0 Å². The molecule has 116 valence electrons. The van der Waals surface area contributed by atoms with Crippen LogP contribution in [0.5, 0.6) is 0 Å². The first-order chi connectivity index (χ1) is 11.0. The average molecular weight is 303 g/mol. The molecule has 23 heavy (non-hydrogen) atoms. The molecule has 3 nitrogen and oxygen atoms in total. The molecule has 1 saturated carbocycles. The molecular formula is C20H21N3. The Bertz CT molecular complexity index is 923. The molecule has 0 aliphatic heterocycles. The van der Waals surface area contributed by atoms with Crippen LogP contribution >= 0.6 is 0 Å². The molecule has 2 heterocycles. The Morgan fingerprint density at radius 1 is 1.04 bits per heavy atom. The van der Waals surface area contributed by atoms with Gasteiger partial charge in [-0.05, 0) is 29.7 Å². The molecule has 0 saturated heterocycles. The van der Waals surface area contributed by atoms with Gasteiger partial charge in [-0.3, -0.25) is 4.40 Å². The zero-order valence-electron chi connectivity index (χ0n) is 13.9. The van der Waals surface area contributed by atoms with E-state index in [0.717, 1.165) is 17.0 Å². The molecule has 2 aliphatic rings. The van der Waals surface area contributed by atoms with Crippen LogP contribution in [0.25, 0.3) is 17.0 Å². The lowest BCUT2D eigenvalue weighted by Gasteiger charge is -2.34. The fourth-order valence-electron chi connectivity index (χ4n) is 4.85. The fourth-order valence-corrected chi connectivity index (χ4v) is 4.85. The zero-order chi connectivity index (χ0) is 15.8. The SMILES string of the molecule is CC1(C)[C@@H]2CC[C@@]1(C)c1nc3nc(-c4ccccc4)cn3cc12. The van der Waals surface area contributed by atoms with Crippen LogP contribution in [0, 0.1) is 5.41 Å². The summed E-state index contributed by atoms with van der Waals surface area (Å²) in [7, 11) is 0. The van der Waals surface area contributed by atoms with E-state index in [4.69, 9.17) is 9.97 Å². The maximum atomic E-state index is 5.00. The first-order valence-corrected chi connectivity index (χ1v) is 8.46. The minimum absolute atomic E-state index is 0.188. The standard InChI is InChI=1S/C20H21N3/c1-19(2)15-9-10-20(19,3)17-14(15)11-23-12-16(21-18(23)22-17)13-7-5-4-6-8-13/h4-8,11-12,15H,9-10H2,1-3H3/t15-,20+/m1/s1. The zero-order valence-corrected chi connectivity index (χ0v) is 13.9. The van der Waals surface area contributed by atoms with Crippen LogP contribution in [0.4, 0.5) is 0 Å². The first-order valence-electron chi connectivity index (χ1n) is 8.46. The van der Waals surface area contributed by atoms with E-state index in [1.54, 1.807) is 0 Å². The van der Waals surface area contributed by atoms with E-state index in [0.29, 0.717) is 11.3 Å². The maximum Gasteiger partial charge on any atom is 0.234 e. The summed E-state index contributed by atoms with van der Waals surface area (Å²) >= 11 is 0. The quantitative estimate of drug-likeness (QED) is 0.659. The topological polar surface area (TPSA) is 30.2 Å². The van der Waals surface area contributed by atoms with Crippen molar-refractivity contribution in [2.45, 2.75) is 44.9 Å².